The molecular weight excluding hydrogens is 893 g/mol. The topological polar surface area (TPSA) is 306 Å². The van der Waals surface area contributed by atoms with Gasteiger partial charge in [0.15, 0.2) is 11.6 Å². The first kappa shape index (κ1) is 47.6. The van der Waals surface area contributed by atoms with Crippen LogP contribution in [0.3, 0.4) is 0 Å². The lowest BCUT2D eigenvalue weighted by molar-refractivity contribution is -0.392. The summed E-state index contributed by atoms with van der Waals surface area (Å²) in [4.78, 5) is 71.3. The number of aromatic amines is 2. The second kappa shape index (κ2) is 18.9. The molecule has 0 amide bonds. The van der Waals surface area contributed by atoms with E-state index >= 15 is 0 Å². The number of aryl methyl sites for hydroxylation is 4. The van der Waals surface area contributed by atoms with Gasteiger partial charge in [-0.05, 0) is 115 Å². The summed E-state index contributed by atoms with van der Waals surface area (Å²) in [5.41, 5.74) is 7.22. The predicted molar refractivity (Wildman–Crippen MR) is 244 cm³/mol. The molecule has 23 heteroatoms. The fourth-order valence-corrected chi connectivity index (χ4v) is 9.41. The van der Waals surface area contributed by atoms with Crippen molar-refractivity contribution in [2.75, 3.05) is 13.2 Å². The number of carboxylic acid groups (broad SMARTS) is 1. The van der Waals surface area contributed by atoms with Gasteiger partial charge in [0.1, 0.15) is 37.0 Å². The number of esters is 1. The summed E-state index contributed by atoms with van der Waals surface area (Å²) in [5.74, 6) is -1.18. The number of rotatable bonds is 17. The molecule has 4 N–H and O–H groups in total. The molecule has 1 atom stereocenters. The smallest absolute Gasteiger partial charge is 0.342 e. The minimum Gasteiger partial charge on any atom is -0.481 e. The van der Waals surface area contributed by atoms with Crippen molar-refractivity contribution < 1.29 is 47.0 Å². The number of carbonyl (C=O) groups excluding carboxylic acids is 1. The van der Waals surface area contributed by atoms with Crippen LogP contribution in [-0.2, 0) is 42.3 Å². The number of imidazole rings is 2. The van der Waals surface area contributed by atoms with Crippen LogP contribution in [0.2, 0.25) is 0 Å². The van der Waals surface area contributed by atoms with Gasteiger partial charge < -0.3 is 44.8 Å². The van der Waals surface area contributed by atoms with Crippen molar-refractivity contribution in [3.8, 4) is 0 Å². The third-order valence-electron chi connectivity index (χ3n) is 12.1. The highest BCUT2D eigenvalue weighted by Crippen LogP contribution is 2.39. The van der Waals surface area contributed by atoms with Gasteiger partial charge in [0.25, 0.3) is 10.1 Å². The number of H-pyrrole nitrogens is 2. The molecule has 0 fully saturated rings. The van der Waals surface area contributed by atoms with Gasteiger partial charge in [0, 0.05) is 48.8 Å². The van der Waals surface area contributed by atoms with Crippen molar-refractivity contribution >= 4 is 78.1 Å². The normalized spacial score (nSPS) is 13.4. The Hall–Kier alpha value is -7.37. The lowest BCUT2D eigenvalue weighted by atomic mass is 9.98. The van der Waals surface area contributed by atoms with Crippen molar-refractivity contribution in [1.29, 1.82) is 0 Å². The minimum atomic E-state index is -4.79. The Balaban J connectivity index is 1.37. The van der Waals surface area contributed by atoms with E-state index in [1.54, 1.807) is 58.9 Å². The van der Waals surface area contributed by atoms with Crippen LogP contribution in [-0.4, -0.2) is 92.1 Å². The Morgan fingerprint density at radius 1 is 0.731 bits per heavy atom. The van der Waals surface area contributed by atoms with E-state index in [2.05, 4.69) is 19.9 Å². The highest BCUT2D eigenvalue weighted by atomic mass is 32.2. The van der Waals surface area contributed by atoms with E-state index in [9.17, 15) is 47.9 Å². The molecule has 67 heavy (non-hydrogen) atoms. The molecule has 2 aliphatic heterocycles. The monoisotopic (exact) mass is 940 g/mol. The number of carbonyl (C=O) groups is 2. The second-order valence-electron chi connectivity index (χ2n) is 16.2. The fraction of sp³-hybridized carbons (Fsp3) is 0.364. The van der Waals surface area contributed by atoms with E-state index in [1.807, 2.05) is 13.8 Å². The summed E-state index contributed by atoms with van der Waals surface area (Å²) in [6.07, 6.45) is 1.61. The molecule has 7 heterocycles. The Morgan fingerprint density at radius 2 is 1.24 bits per heavy atom. The van der Waals surface area contributed by atoms with Crippen molar-refractivity contribution in [3.63, 3.8) is 0 Å². The van der Waals surface area contributed by atoms with Crippen LogP contribution < -0.4 is 0 Å². The zero-order chi connectivity index (χ0) is 48.6. The SMILES string of the molecule is CC1=C(CCC(=O)O)c2cc3nc(cc4[nH]c(cc5[nH]c(cc1n2)c(C)c5S(=O)(=O)O)c(C)c4C(C)OCCn1c([N+](=O)[O-])cnc1C)C(C)=C3CCC(=O)OCCn1c([N+](=O)[O-])cnc1C. The predicted octanol–water partition coefficient (Wildman–Crippen LogP) is 7.53. The average Bonchev–Trinajstić information content (AvgIpc) is 4.07. The van der Waals surface area contributed by atoms with E-state index in [4.69, 9.17) is 19.4 Å². The summed E-state index contributed by atoms with van der Waals surface area (Å²) in [6.45, 7) is 12.1. The summed E-state index contributed by atoms with van der Waals surface area (Å²) >= 11 is 0. The Labute approximate surface area is 382 Å². The Bertz CT molecular complexity index is 3230. The molecule has 7 rings (SSSR count). The van der Waals surface area contributed by atoms with Crippen molar-refractivity contribution in [1.82, 2.24) is 39.0 Å². The number of hydrogen-bond donors (Lipinski definition) is 4. The van der Waals surface area contributed by atoms with Gasteiger partial charge in [-0.15, -0.1) is 0 Å². The summed E-state index contributed by atoms with van der Waals surface area (Å²) in [5, 5.41) is 32.8. The van der Waals surface area contributed by atoms with Crippen LogP contribution in [0.15, 0.2) is 41.6 Å². The van der Waals surface area contributed by atoms with Crippen LogP contribution in [0.1, 0.15) is 104 Å². The van der Waals surface area contributed by atoms with Crippen molar-refractivity contribution in [3.05, 3.63) is 108 Å². The maximum absolute atomic E-state index is 13.2. The van der Waals surface area contributed by atoms with Crippen LogP contribution in [0.25, 0.3) is 44.4 Å². The highest BCUT2D eigenvalue weighted by Gasteiger charge is 2.27. The third-order valence-corrected chi connectivity index (χ3v) is 13.1. The maximum atomic E-state index is 13.2. The lowest BCUT2D eigenvalue weighted by Crippen LogP contribution is -2.13. The number of nitro groups is 2. The molecule has 0 spiro atoms. The fourth-order valence-electron chi connectivity index (χ4n) is 8.53. The molecule has 5 aromatic heterocycles. The van der Waals surface area contributed by atoms with Gasteiger partial charge in [-0.25, -0.2) is 29.1 Å². The van der Waals surface area contributed by atoms with Gasteiger partial charge in [-0.2, -0.15) is 8.42 Å². The number of aliphatic carboxylic acids is 1. The van der Waals surface area contributed by atoms with Crippen LogP contribution in [0.4, 0.5) is 11.6 Å². The summed E-state index contributed by atoms with van der Waals surface area (Å²) in [7, 11) is -4.79. The van der Waals surface area contributed by atoms with Gasteiger partial charge >= 0.3 is 23.6 Å². The largest absolute Gasteiger partial charge is 0.481 e. The number of ether oxygens (including phenoxy) is 2. The molecule has 0 aliphatic carbocycles. The summed E-state index contributed by atoms with van der Waals surface area (Å²) < 4.78 is 51.1. The molecular formula is C44H48N10O12S. The standard InChI is InChI=1S/C44H48N10O12S/c1-22-29(8-10-41(55)56)35-19-36-30(9-11-42(57)66-15-13-52-28(7)46-21-40(52)54(60)61)23(2)32(48-36)17-37-43(26(5)65-14-12-51-27(6)45-20-39(51)53(58)59)24(3)33(49-37)18-38-44(67(62,63)64)25(4)34(50-38)16-31(22)47-35/h16-21,26,49-50H,8-15H2,1-7H3,(H,55,56)(H,62,63,64). The number of allylic oxidation sites excluding steroid dienone is 4. The van der Waals surface area contributed by atoms with Crippen LogP contribution >= 0.6 is 0 Å². The van der Waals surface area contributed by atoms with E-state index in [0.29, 0.717) is 84.4 Å². The Kier molecular flexibility index (Phi) is 13.4. The molecule has 8 bridgehead atoms. The molecule has 0 radical (unpaired) electrons. The summed E-state index contributed by atoms with van der Waals surface area (Å²) in [6, 6.07) is 6.70. The van der Waals surface area contributed by atoms with Gasteiger partial charge in [0.2, 0.25) is 0 Å². The van der Waals surface area contributed by atoms with E-state index in [1.165, 1.54) is 15.3 Å². The third kappa shape index (κ3) is 9.78. The number of fused-ring (bicyclic) bond motifs is 8. The Morgan fingerprint density at radius 3 is 1.78 bits per heavy atom. The van der Waals surface area contributed by atoms with Crippen molar-refractivity contribution in [2.45, 2.75) is 98.2 Å². The molecule has 22 nitrogen and oxygen atoms in total. The van der Waals surface area contributed by atoms with Crippen LogP contribution in [0, 0.1) is 47.9 Å². The number of aromatic nitrogens is 8. The number of nitrogens with one attached hydrogen (secondary N) is 2. The van der Waals surface area contributed by atoms with Gasteiger partial charge in [-0.1, -0.05) is 0 Å². The average molecular weight is 941 g/mol. The van der Waals surface area contributed by atoms with E-state index in [0.717, 1.165) is 6.20 Å². The first-order chi connectivity index (χ1) is 31.6. The van der Waals surface area contributed by atoms with Gasteiger partial charge in [0.05, 0.1) is 41.0 Å². The molecule has 5 aromatic rings. The van der Waals surface area contributed by atoms with E-state index in [-0.39, 0.29) is 79.6 Å². The molecule has 0 aromatic carbocycles. The van der Waals surface area contributed by atoms with Crippen LogP contribution in [0.5, 0.6) is 0 Å². The van der Waals surface area contributed by atoms with Gasteiger partial charge in [-0.3, -0.25) is 14.1 Å². The quantitative estimate of drug-likeness (QED) is 0.0303. The maximum Gasteiger partial charge on any atom is 0.342 e. The minimum absolute atomic E-state index is 0.0202. The number of nitrogens with zero attached hydrogens (tertiary/aromatic N) is 8. The van der Waals surface area contributed by atoms with E-state index < -0.39 is 38.0 Å². The first-order valence-electron chi connectivity index (χ1n) is 21.1. The van der Waals surface area contributed by atoms with Crippen molar-refractivity contribution in [2.24, 2.45) is 0 Å². The zero-order valence-electron chi connectivity index (χ0n) is 37.7. The molecule has 0 saturated heterocycles. The molecule has 352 valence electrons. The zero-order valence-corrected chi connectivity index (χ0v) is 38.5. The molecule has 1 unspecified atom stereocenters. The molecule has 2 aliphatic rings. The number of hydrogen-bond acceptors (Lipinski definition) is 14. The number of carboxylic acids is 1. The second-order valence-corrected chi connectivity index (χ2v) is 17.6. The first-order valence-corrected chi connectivity index (χ1v) is 22.5. The highest BCUT2D eigenvalue weighted by molar-refractivity contribution is 7.86. The molecule has 0 saturated carbocycles. The lowest BCUT2D eigenvalue weighted by Gasteiger charge is -2.14.